The number of hydrogen-bond donors (Lipinski definition) is 0. The fraction of sp³-hybridized carbons (Fsp3) is 0.444. The number of likely N-dealkylation sites (tertiary alicyclic amines) is 2. The Balaban J connectivity index is 1.56. The Morgan fingerprint density at radius 1 is 1.08 bits per heavy atom. The monoisotopic (exact) mass is 380 g/mol. The Hall–Kier alpha value is -2.22. The third-order valence-electron chi connectivity index (χ3n) is 5.05. The highest BCUT2D eigenvalue weighted by molar-refractivity contribution is 7.92. The molecule has 0 N–H and O–H groups in total. The summed E-state index contributed by atoms with van der Waals surface area (Å²) >= 11 is 0. The minimum atomic E-state index is -3.53. The van der Waals surface area contributed by atoms with Crippen LogP contribution in [0.2, 0.25) is 0 Å². The van der Waals surface area contributed by atoms with Crippen molar-refractivity contribution in [3.8, 4) is 0 Å². The molecule has 0 radical (unpaired) electrons. The van der Waals surface area contributed by atoms with Crippen molar-refractivity contribution in [2.24, 2.45) is 5.92 Å². The van der Waals surface area contributed by atoms with Crippen molar-refractivity contribution < 1.29 is 22.4 Å². The van der Waals surface area contributed by atoms with Crippen LogP contribution in [-0.4, -0.2) is 61.5 Å². The van der Waals surface area contributed by atoms with Gasteiger partial charge in [0, 0.05) is 26.2 Å². The molecule has 140 valence electrons. The number of amides is 2. The van der Waals surface area contributed by atoms with Gasteiger partial charge in [-0.25, -0.2) is 12.8 Å². The normalized spacial score (nSPS) is 19.1. The van der Waals surface area contributed by atoms with E-state index in [0.717, 1.165) is 12.1 Å². The molecule has 2 heterocycles. The lowest BCUT2D eigenvalue weighted by molar-refractivity contribution is -0.146. The maximum Gasteiger partial charge on any atom is 0.246 e. The first-order chi connectivity index (χ1) is 12.3. The van der Waals surface area contributed by atoms with Crippen LogP contribution in [0, 0.1) is 11.7 Å². The molecule has 1 aromatic rings. The van der Waals surface area contributed by atoms with E-state index in [2.05, 4.69) is 6.58 Å². The first-order valence-electron chi connectivity index (χ1n) is 8.52. The lowest BCUT2D eigenvalue weighted by atomic mass is 9.97. The van der Waals surface area contributed by atoms with Crippen LogP contribution < -0.4 is 0 Å². The lowest BCUT2D eigenvalue weighted by Gasteiger charge is -2.41. The van der Waals surface area contributed by atoms with Crippen molar-refractivity contribution in [1.29, 1.82) is 0 Å². The number of carbonyl (C=O) groups is 2. The molecule has 0 bridgehead atoms. The summed E-state index contributed by atoms with van der Waals surface area (Å²) in [5.74, 6) is -0.910. The highest BCUT2D eigenvalue weighted by Crippen LogP contribution is 2.27. The van der Waals surface area contributed by atoms with Gasteiger partial charge in [-0.1, -0.05) is 6.58 Å². The van der Waals surface area contributed by atoms with Gasteiger partial charge < -0.3 is 9.80 Å². The van der Waals surface area contributed by atoms with Crippen molar-refractivity contribution in [2.45, 2.75) is 23.0 Å². The van der Waals surface area contributed by atoms with Gasteiger partial charge in [-0.15, -0.1) is 0 Å². The molecule has 2 amide bonds. The summed E-state index contributed by atoms with van der Waals surface area (Å²) < 4.78 is 38.3. The van der Waals surface area contributed by atoms with E-state index < -0.39 is 20.9 Å². The van der Waals surface area contributed by atoms with Crippen molar-refractivity contribution in [1.82, 2.24) is 9.80 Å². The largest absolute Gasteiger partial charge is 0.342 e. The van der Waals surface area contributed by atoms with Gasteiger partial charge >= 0.3 is 0 Å². The summed E-state index contributed by atoms with van der Waals surface area (Å²) in [6, 6.07) is 4.83. The van der Waals surface area contributed by atoms with Crippen LogP contribution in [0.3, 0.4) is 0 Å². The van der Waals surface area contributed by atoms with E-state index in [1.165, 1.54) is 18.2 Å². The summed E-state index contributed by atoms with van der Waals surface area (Å²) in [5.41, 5.74) is 0. The second-order valence-electron chi connectivity index (χ2n) is 6.67. The van der Waals surface area contributed by atoms with E-state index in [0.29, 0.717) is 39.0 Å². The Morgan fingerprint density at radius 2 is 1.65 bits per heavy atom. The zero-order valence-corrected chi connectivity index (χ0v) is 15.1. The molecule has 2 saturated heterocycles. The molecule has 1 aromatic carbocycles. The minimum Gasteiger partial charge on any atom is -0.342 e. The molecule has 26 heavy (non-hydrogen) atoms. The van der Waals surface area contributed by atoms with Gasteiger partial charge in [0.15, 0.2) is 9.84 Å². The average Bonchev–Trinajstić information content (AvgIpc) is 2.60. The fourth-order valence-corrected chi connectivity index (χ4v) is 5.14. The zero-order chi connectivity index (χ0) is 18.9. The van der Waals surface area contributed by atoms with Crippen LogP contribution >= 0.6 is 0 Å². The molecule has 3 rings (SSSR count). The summed E-state index contributed by atoms with van der Waals surface area (Å²) in [6.45, 7) is 4.93. The number of nitrogens with zero attached hydrogens (tertiary/aromatic N) is 2. The standard InChI is InChI=1S/C18H21FN2O4S/c1-2-17(22)21-11-13(12-21)18(23)20-9-7-16(8-10-20)26(24,25)15-5-3-14(19)4-6-15/h2-6,13,16H,1,7-12H2. The summed E-state index contributed by atoms with van der Waals surface area (Å²) in [4.78, 5) is 27.3. The highest BCUT2D eigenvalue weighted by atomic mass is 32.2. The molecule has 0 unspecified atom stereocenters. The van der Waals surface area contributed by atoms with Gasteiger partial charge in [-0.05, 0) is 43.2 Å². The van der Waals surface area contributed by atoms with Crippen molar-refractivity contribution in [3.05, 3.63) is 42.7 Å². The van der Waals surface area contributed by atoms with Gasteiger partial charge in [0.25, 0.3) is 0 Å². The number of rotatable bonds is 4. The molecule has 0 atom stereocenters. The number of benzene rings is 1. The van der Waals surface area contributed by atoms with Crippen LogP contribution in [-0.2, 0) is 19.4 Å². The second-order valence-corrected chi connectivity index (χ2v) is 8.90. The van der Waals surface area contributed by atoms with Crippen molar-refractivity contribution >= 4 is 21.7 Å². The van der Waals surface area contributed by atoms with Gasteiger partial charge in [0.1, 0.15) is 5.82 Å². The Morgan fingerprint density at radius 3 is 2.19 bits per heavy atom. The van der Waals surface area contributed by atoms with Gasteiger partial charge in [0.05, 0.1) is 16.1 Å². The Labute approximate surface area is 152 Å². The fourth-order valence-electron chi connectivity index (χ4n) is 3.41. The van der Waals surface area contributed by atoms with Crippen LogP contribution in [0.25, 0.3) is 0 Å². The maximum absolute atomic E-state index is 13.0. The van der Waals surface area contributed by atoms with E-state index in [9.17, 15) is 22.4 Å². The topological polar surface area (TPSA) is 74.8 Å². The van der Waals surface area contributed by atoms with E-state index in [1.807, 2.05) is 0 Å². The molecule has 0 spiro atoms. The molecule has 8 heteroatoms. The number of hydrogen-bond acceptors (Lipinski definition) is 4. The Kier molecular flexibility index (Phi) is 5.13. The van der Waals surface area contributed by atoms with Crippen molar-refractivity contribution in [2.75, 3.05) is 26.2 Å². The third-order valence-corrected chi connectivity index (χ3v) is 7.33. The molecule has 0 aromatic heterocycles. The highest BCUT2D eigenvalue weighted by Gasteiger charge is 2.39. The molecule has 6 nitrogen and oxygen atoms in total. The SMILES string of the molecule is C=CC(=O)N1CC(C(=O)N2CCC(S(=O)(=O)c3ccc(F)cc3)CC2)C1. The smallest absolute Gasteiger partial charge is 0.246 e. The first-order valence-corrected chi connectivity index (χ1v) is 10.1. The molecule has 2 aliphatic heterocycles. The van der Waals surface area contributed by atoms with E-state index in [-0.39, 0.29) is 22.6 Å². The van der Waals surface area contributed by atoms with Crippen LogP contribution in [0.4, 0.5) is 4.39 Å². The Bertz CT molecular complexity index is 808. The number of sulfone groups is 1. The van der Waals surface area contributed by atoms with Crippen LogP contribution in [0.1, 0.15) is 12.8 Å². The quantitative estimate of drug-likeness (QED) is 0.582. The molecule has 0 saturated carbocycles. The summed E-state index contributed by atoms with van der Waals surface area (Å²) in [6.07, 6.45) is 1.94. The van der Waals surface area contributed by atoms with Gasteiger partial charge in [-0.3, -0.25) is 9.59 Å². The average molecular weight is 380 g/mol. The number of piperidine rings is 1. The van der Waals surface area contributed by atoms with Crippen molar-refractivity contribution in [3.63, 3.8) is 0 Å². The maximum atomic E-state index is 13.0. The van der Waals surface area contributed by atoms with Crippen LogP contribution in [0.5, 0.6) is 0 Å². The van der Waals surface area contributed by atoms with Crippen LogP contribution in [0.15, 0.2) is 41.8 Å². The summed E-state index contributed by atoms with van der Waals surface area (Å²) in [5, 5.41) is -0.572. The third kappa shape index (κ3) is 3.51. The molecule has 2 aliphatic rings. The minimum absolute atomic E-state index is 0.0317. The lowest BCUT2D eigenvalue weighted by Crippen LogP contribution is -2.57. The number of halogens is 1. The van der Waals surface area contributed by atoms with Gasteiger partial charge in [-0.2, -0.15) is 0 Å². The number of carbonyl (C=O) groups excluding carboxylic acids is 2. The molecular formula is C18H21FN2O4S. The van der Waals surface area contributed by atoms with Gasteiger partial charge in [0.2, 0.25) is 11.8 Å². The van der Waals surface area contributed by atoms with E-state index in [1.54, 1.807) is 9.80 Å². The second kappa shape index (κ2) is 7.19. The predicted molar refractivity (Wildman–Crippen MR) is 93.5 cm³/mol. The molecular weight excluding hydrogens is 359 g/mol. The summed E-state index contributed by atoms with van der Waals surface area (Å²) in [7, 11) is -3.53. The predicted octanol–water partition coefficient (Wildman–Crippen LogP) is 1.23. The zero-order valence-electron chi connectivity index (χ0n) is 14.3. The molecule has 0 aliphatic carbocycles. The van der Waals surface area contributed by atoms with E-state index >= 15 is 0 Å². The van der Waals surface area contributed by atoms with E-state index in [4.69, 9.17) is 0 Å². The first kappa shape index (κ1) is 18.6. The molecule has 2 fully saturated rings.